The molecular formula is C12H14ClN3O. The van der Waals surface area contributed by atoms with Gasteiger partial charge in [-0.25, -0.2) is 4.98 Å². The average Bonchev–Trinajstić information content (AvgIpc) is 2.60. The number of methoxy groups -OCH3 is 1. The van der Waals surface area contributed by atoms with Gasteiger partial charge in [-0.05, 0) is 19.1 Å². The van der Waals surface area contributed by atoms with Gasteiger partial charge in [0, 0.05) is 19.3 Å². The zero-order valence-corrected chi connectivity index (χ0v) is 10.7. The Kier molecular flexibility index (Phi) is 3.24. The second-order valence-electron chi connectivity index (χ2n) is 3.79. The molecule has 0 atom stereocenters. The zero-order chi connectivity index (χ0) is 12.4. The van der Waals surface area contributed by atoms with E-state index >= 15 is 0 Å². The van der Waals surface area contributed by atoms with E-state index in [1.54, 1.807) is 13.2 Å². The molecule has 0 saturated heterocycles. The predicted octanol–water partition coefficient (Wildman–Crippen LogP) is 3.13. The first-order valence-electron chi connectivity index (χ1n) is 5.20. The molecular weight excluding hydrogens is 238 g/mol. The molecule has 0 aliphatic rings. The topological polar surface area (TPSA) is 39.1 Å². The Balaban J connectivity index is 2.32. The van der Waals surface area contributed by atoms with E-state index in [2.05, 4.69) is 10.3 Å². The maximum Gasteiger partial charge on any atom is 0.207 e. The summed E-state index contributed by atoms with van der Waals surface area (Å²) in [6.45, 7) is 1.94. The normalized spacial score (nSPS) is 10.4. The van der Waals surface area contributed by atoms with Crippen molar-refractivity contribution in [2.45, 2.75) is 6.92 Å². The Labute approximate surface area is 105 Å². The number of benzene rings is 1. The molecule has 5 heteroatoms. The molecule has 1 aromatic carbocycles. The lowest BCUT2D eigenvalue weighted by Gasteiger charge is -2.09. The average molecular weight is 252 g/mol. The Morgan fingerprint density at radius 3 is 2.76 bits per heavy atom. The number of anilines is 2. The van der Waals surface area contributed by atoms with Crippen LogP contribution in [0.5, 0.6) is 5.75 Å². The van der Waals surface area contributed by atoms with Gasteiger partial charge in [-0.2, -0.15) is 0 Å². The van der Waals surface area contributed by atoms with Crippen LogP contribution in [0.2, 0.25) is 5.02 Å². The molecule has 0 radical (unpaired) electrons. The van der Waals surface area contributed by atoms with Crippen LogP contribution in [0, 0.1) is 6.92 Å². The fraction of sp³-hybridized carbons (Fsp3) is 0.250. The molecule has 4 nitrogen and oxygen atoms in total. The van der Waals surface area contributed by atoms with Crippen molar-refractivity contribution < 1.29 is 4.74 Å². The largest absolute Gasteiger partial charge is 0.497 e. The number of aromatic nitrogens is 2. The minimum absolute atomic E-state index is 0.631. The van der Waals surface area contributed by atoms with E-state index in [4.69, 9.17) is 16.3 Å². The first kappa shape index (κ1) is 11.8. The molecule has 0 spiro atoms. The van der Waals surface area contributed by atoms with Gasteiger partial charge in [-0.15, -0.1) is 0 Å². The van der Waals surface area contributed by atoms with Gasteiger partial charge in [0.15, 0.2) is 0 Å². The molecule has 0 fully saturated rings. The summed E-state index contributed by atoms with van der Waals surface area (Å²) < 4.78 is 7.07. The van der Waals surface area contributed by atoms with Gasteiger partial charge < -0.3 is 14.6 Å². The van der Waals surface area contributed by atoms with Crippen molar-refractivity contribution in [2.75, 3.05) is 12.4 Å². The Morgan fingerprint density at radius 2 is 2.18 bits per heavy atom. The minimum Gasteiger partial charge on any atom is -0.497 e. The first-order valence-corrected chi connectivity index (χ1v) is 5.58. The van der Waals surface area contributed by atoms with Crippen molar-refractivity contribution in [1.29, 1.82) is 0 Å². The lowest BCUT2D eigenvalue weighted by Crippen LogP contribution is -1.99. The third-order valence-corrected chi connectivity index (χ3v) is 2.75. The van der Waals surface area contributed by atoms with Gasteiger partial charge in [0.2, 0.25) is 5.95 Å². The van der Waals surface area contributed by atoms with Crippen molar-refractivity contribution >= 4 is 23.2 Å². The van der Waals surface area contributed by atoms with Crippen LogP contribution in [0.25, 0.3) is 0 Å². The number of nitrogens with zero attached hydrogens (tertiary/aromatic N) is 2. The van der Waals surface area contributed by atoms with Gasteiger partial charge in [0.05, 0.1) is 23.5 Å². The number of imidazole rings is 1. The second kappa shape index (κ2) is 4.67. The maximum absolute atomic E-state index is 6.11. The highest BCUT2D eigenvalue weighted by Crippen LogP contribution is 2.28. The minimum atomic E-state index is 0.631. The molecule has 0 aliphatic heterocycles. The zero-order valence-electron chi connectivity index (χ0n) is 9.99. The van der Waals surface area contributed by atoms with Crippen LogP contribution >= 0.6 is 11.6 Å². The van der Waals surface area contributed by atoms with Crippen LogP contribution in [0.3, 0.4) is 0 Å². The summed E-state index contributed by atoms with van der Waals surface area (Å²) in [5.74, 6) is 1.50. The van der Waals surface area contributed by atoms with Crippen LogP contribution < -0.4 is 10.1 Å². The molecule has 1 N–H and O–H groups in total. The third kappa shape index (κ3) is 2.53. The molecule has 1 aromatic heterocycles. The number of ether oxygens (including phenoxy) is 1. The Bertz CT molecular complexity index is 537. The molecule has 0 unspecified atom stereocenters. The molecule has 2 rings (SSSR count). The fourth-order valence-corrected chi connectivity index (χ4v) is 1.74. The number of nitrogens with one attached hydrogen (secondary N) is 1. The Morgan fingerprint density at radius 1 is 1.41 bits per heavy atom. The van der Waals surface area contributed by atoms with Gasteiger partial charge in [0.1, 0.15) is 5.75 Å². The summed E-state index contributed by atoms with van der Waals surface area (Å²) in [5, 5.41) is 3.81. The van der Waals surface area contributed by atoms with Crippen LogP contribution in [0.15, 0.2) is 24.4 Å². The standard InChI is InChI=1S/C12H14ClN3O/c1-8-7-16(2)12(14-8)15-11-6-9(17-3)4-5-10(11)13/h4-7H,1-3H3,(H,14,15). The molecule has 17 heavy (non-hydrogen) atoms. The summed E-state index contributed by atoms with van der Waals surface area (Å²) in [7, 11) is 3.55. The maximum atomic E-state index is 6.11. The lowest BCUT2D eigenvalue weighted by molar-refractivity contribution is 0.415. The monoisotopic (exact) mass is 251 g/mol. The van der Waals surface area contributed by atoms with Crippen molar-refractivity contribution in [1.82, 2.24) is 9.55 Å². The highest BCUT2D eigenvalue weighted by atomic mass is 35.5. The van der Waals surface area contributed by atoms with Gasteiger partial charge in [0.25, 0.3) is 0 Å². The molecule has 0 aliphatic carbocycles. The third-order valence-electron chi connectivity index (χ3n) is 2.42. The number of rotatable bonds is 3. The molecule has 0 bridgehead atoms. The van der Waals surface area contributed by atoms with E-state index in [9.17, 15) is 0 Å². The quantitative estimate of drug-likeness (QED) is 0.911. The molecule has 90 valence electrons. The van der Waals surface area contributed by atoms with Crippen LogP contribution in [0.1, 0.15) is 5.69 Å². The van der Waals surface area contributed by atoms with Gasteiger partial charge in [-0.3, -0.25) is 0 Å². The van der Waals surface area contributed by atoms with Crippen molar-refractivity contribution in [3.63, 3.8) is 0 Å². The summed E-state index contributed by atoms with van der Waals surface area (Å²) in [6, 6.07) is 5.45. The summed E-state index contributed by atoms with van der Waals surface area (Å²) >= 11 is 6.11. The molecule has 0 amide bonds. The van der Waals surface area contributed by atoms with Crippen LogP contribution in [-0.2, 0) is 7.05 Å². The predicted molar refractivity (Wildman–Crippen MR) is 69.2 cm³/mol. The van der Waals surface area contributed by atoms with E-state index in [0.29, 0.717) is 5.02 Å². The number of halogens is 1. The van der Waals surface area contributed by atoms with E-state index in [1.165, 1.54) is 0 Å². The van der Waals surface area contributed by atoms with E-state index in [0.717, 1.165) is 23.1 Å². The highest BCUT2D eigenvalue weighted by molar-refractivity contribution is 6.33. The SMILES string of the molecule is COc1ccc(Cl)c(Nc2nc(C)cn2C)c1. The molecule has 0 saturated carbocycles. The number of aryl methyl sites for hydroxylation is 2. The summed E-state index contributed by atoms with van der Waals surface area (Å²) in [4.78, 5) is 4.35. The van der Waals surface area contributed by atoms with E-state index in [-0.39, 0.29) is 0 Å². The number of hydrogen-bond donors (Lipinski definition) is 1. The highest BCUT2D eigenvalue weighted by Gasteiger charge is 2.06. The van der Waals surface area contributed by atoms with Crippen LogP contribution in [0.4, 0.5) is 11.6 Å². The lowest BCUT2D eigenvalue weighted by atomic mass is 10.3. The van der Waals surface area contributed by atoms with E-state index < -0.39 is 0 Å². The Hall–Kier alpha value is -1.68. The fourth-order valence-electron chi connectivity index (χ4n) is 1.58. The second-order valence-corrected chi connectivity index (χ2v) is 4.19. The van der Waals surface area contributed by atoms with Gasteiger partial charge >= 0.3 is 0 Å². The van der Waals surface area contributed by atoms with Crippen molar-refractivity contribution in [2.24, 2.45) is 7.05 Å². The molecule has 2 aromatic rings. The summed E-state index contributed by atoms with van der Waals surface area (Å²) in [5.41, 5.74) is 1.73. The first-order chi connectivity index (χ1) is 8.10. The smallest absolute Gasteiger partial charge is 0.207 e. The van der Waals surface area contributed by atoms with Crippen LogP contribution in [-0.4, -0.2) is 16.7 Å². The summed E-state index contributed by atoms with van der Waals surface area (Å²) in [6.07, 6.45) is 1.94. The van der Waals surface area contributed by atoms with E-state index in [1.807, 2.05) is 36.9 Å². The van der Waals surface area contributed by atoms with Crippen molar-refractivity contribution in [3.05, 3.63) is 35.1 Å². The van der Waals surface area contributed by atoms with Gasteiger partial charge in [-0.1, -0.05) is 11.6 Å². The molecule has 1 heterocycles. The number of hydrogen-bond acceptors (Lipinski definition) is 3. The van der Waals surface area contributed by atoms with Crippen molar-refractivity contribution in [3.8, 4) is 5.75 Å².